The number of hydrogen-bond acceptors (Lipinski definition) is 6. The minimum Gasteiger partial charge on any atom is -0.315 e. The van der Waals surface area contributed by atoms with E-state index in [2.05, 4.69) is 5.32 Å². The van der Waals surface area contributed by atoms with E-state index in [1.54, 1.807) is 18.4 Å². The lowest BCUT2D eigenvalue weighted by molar-refractivity contribution is -0.120. The zero-order valence-electron chi connectivity index (χ0n) is 15.8. The Hall–Kier alpha value is -2.32. The summed E-state index contributed by atoms with van der Waals surface area (Å²) in [5, 5.41) is 14.1. The van der Waals surface area contributed by atoms with Crippen molar-refractivity contribution in [3.8, 4) is 6.07 Å². The highest BCUT2D eigenvalue weighted by Gasteiger charge is 2.30. The Bertz CT molecular complexity index is 1010. The summed E-state index contributed by atoms with van der Waals surface area (Å²) in [6.07, 6.45) is 0.570. The van der Waals surface area contributed by atoms with Gasteiger partial charge < -0.3 is 5.32 Å². The summed E-state index contributed by atoms with van der Waals surface area (Å²) in [4.78, 5) is 14.6. The summed E-state index contributed by atoms with van der Waals surface area (Å²) < 4.78 is 40.1. The summed E-state index contributed by atoms with van der Waals surface area (Å²) in [7, 11) is -3.72. The van der Waals surface area contributed by atoms with Crippen LogP contribution in [-0.4, -0.2) is 55.8 Å². The maximum absolute atomic E-state index is 13.1. The predicted octanol–water partition coefficient (Wildman–Crippen LogP) is 2.48. The molecule has 0 aliphatic carbocycles. The van der Waals surface area contributed by atoms with Crippen LogP contribution in [-0.2, 0) is 14.8 Å². The molecule has 1 amide bonds. The van der Waals surface area contributed by atoms with Gasteiger partial charge in [-0.05, 0) is 49.1 Å². The number of amides is 1. The van der Waals surface area contributed by atoms with Crippen molar-refractivity contribution >= 4 is 32.3 Å². The van der Waals surface area contributed by atoms with E-state index in [1.807, 2.05) is 11.0 Å². The number of benzene rings is 1. The average Bonchev–Trinajstić information content (AvgIpc) is 2.99. The molecule has 0 unspecified atom stereocenters. The zero-order valence-corrected chi connectivity index (χ0v) is 17.5. The fourth-order valence-corrected chi connectivity index (χ4v) is 5.38. The van der Waals surface area contributed by atoms with Gasteiger partial charge in [0.15, 0.2) is 0 Å². The SMILES string of the molecule is C[C@H](C(=O)Nc1sccc1C#N)N1CCCN(S(=O)(=O)c2ccc(F)cc2)CC1. The fourth-order valence-electron chi connectivity index (χ4n) is 3.17. The minimum atomic E-state index is -3.72. The number of nitriles is 1. The smallest absolute Gasteiger partial charge is 0.243 e. The molecule has 2 heterocycles. The second-order valence-corrected chi connectivity index (χ2v) is 9.54. The molecule has 7 nitrogen and oxygen atoms in total. The summed E-state index contributed by atoms with van der Waals surface area (Å²) in [6.45, 7) is 3.29. The number of thiophene rings is 1. The van der Waals surface area contributed by atoms with Gasteiger partial charge in [0.1, 0.15) is 16.9 Å². The molecule has 0 radical (unpaired) electrons. The average molecular weight is 437 g/mol. The van der Waals surface area contributed by atoms with Crippen LogP contribution < -0.4 is 5.32 Å². The van der Waals surface area contributed by atoms with Gasteiger partial charge in [-0.2, -0.15) is 9.57 Å². The largest absolute Gasteiger partial charge is 0.315 e. The van der Waals surface area contributed by atoms with E-state index in [9.17, 15) is 17.6 Å². The predicted molar refractivity (Wildman–Crippen MR) is 108 cm³/mol. The number of halogens is 1. The molecular weight excluding hydrogens is 415 g/mol. The highest BCUT2D eigenvalue weighted by Crippen LogP contribution is 2.23. The molecular formula is C19H21FN4O3S2. The van der Waals surface area contributed by atoms with Crippen molar-refractivity contribution in [3.63, 3.8) is 0 Å². The van der Waals surface area contributed by atoms with Gasteiger partial charge in [-0.15, -0.1) is 11.3 Å². The summed E-state index contributed by atoms with van der Waals surface area (Å²) in [6, 6.07) is 7.99. The van der Waals surface area contributed by atoms with E-state index < -0.39 is 21.9 Å². The van der Waals surface area contributed by atoms with Gasteiger partial charge in [0.2, 0.25) is 15.9 Å². The van der Waals surface area contributed by atoms with Gasteiger partial charge in [0.25, 0.3) is 0 Å². The van der Waals surface area contributed by atoms with Crippen LogP contribution in [0.1, 0.15) is 18.9 Å². The Morgan fingerprint density at radius 3 is 2.62 bits per heavy atom. The Morgan fingerprint density at radius 2 is 1.93 bits per heavy atom. The molecule has 0 spiro atoms. The first-order chi connectivity index (χ1) is 13.8. The van der Waals surface area contributed by atoms with E-state index in [0.717, 1.165) is 12.1 Å². The van der Waals surface area contributed by atoms with Crippen LogP contribution >= 0.6 is 11.3 Å². The third kappa shape index (κ3) is 4.82. The number of rotatable bonds is 5. The Morgan fingerprint density at radius 1 is 1.21 bits per heavy atom. The third-order valence-corrected chi connectivity index (χ3v) is 7.63. The monoisotopic (exact) mass is 436 g/mol. The van der Waals surface area contributed by atoms with Crippen LogP contribution in [0.4, 0.5) is 9.39 Å². The molecule has 1 fully saturated rings. The number of anilines is 1. The van der Waals surface area contributed by atoms with E-state index in [1.165, 1.54) is 27.8 Å². The second-order valence-electron chi connectivity index (χ2n) is 6.69. The molecule has 154 valence electrons. The third-order valence-electron chi connectivity index (χ3n) is 4.89. The lowest BCUT2D eigenvalue weighted by Gasteiger charge is -2.26. The van der Waals surface area contributed by atoms with Gasteiger partial charge in [0, 0.05) is 26.2 Å². The lowest BCUT2D eigenvalue weighted by atomic mass is 10.2. The minimum absolute atomic E-state index is 0.0554. The first-order valence-corrected chi connectivity index (χ1v) is 11.4. The van der Waals surface area contributed by atoms with Crippen molar-refractivity contribution in [2.45, 2.75) is 24.3 Å². The Balaban J connectivity index is 1.65. The first-order valence-electron chi connectivity index (χ1n) is 9.11. The molecule has 0 saturated carbocycles. The quantitative estimate of drug-likeness (QED) is 0.777. The molecule has 10 heteroatoms. The number of sulfonamides is 1. The molecule has 2 aromatic rings. The number of nitrogens with zero attached hydrogens (tertiary/aromatic N) is 3. The topological polar surface area (TPSA) is 93.5 Å². The van der Waals surface area contributed by atoms with Crippen molar-refractivity contribution in [3.05, 3.63) is 47.1 Å². The Labute approximate surface area is 173 Å². The lowest BCUT2D eigenvalue weighted by Crippen LogP contribution is -2.44. The van der Waals surface area contributed by atoms with Crippen LogP contribution in [0.5, 0.6) is 0 Å². The molecule has 1 N–H and O–H groups in total. The number of hydrogen-bond donors (Lipinski definition) is 1. The van der Waals surface area contributed by atoms with E-state index in [4.69, 9.17) is 5.26 Å². The molecule has 3 rings (SSSR count). The molecule has 0 bridgehead atoms. The highest BCUT2D eigenvalue weighted by atomic mass is 32.2. The molecule has 1 saturated heterocycles. The maximum Gasteiger partial charge on any atom is 0.243 e. The van der Waals surface area contributed by atoms with E-state index in [-0.39, 0.29) is 17.3 Å². The van der Waals surface area contributed by atoms with Crippen LogP contribution in [0.3, 0.4) is 0 Å². The first kappa shape index (κ1) is 21.4. The van der Waals surface area contributed by atoms with Crippen molar-refractivity contribution in [2.75, 3.05) is 31.5 Å². The zero-order chi connectivity index (χ0) is 21.0. The van der Waals surface area contributed by atoms with Crippen molar-refractivity contribution in [1.82, 2.24) is 9.21 Å². The van der Waals surface area contributed by atoms with Gasteiger partial charge in [-0.1, -0.05) is 0 Å². The van der Waals surface area contributed by atoms with E-state index in [0.29, 0.717) is 36.6 Å². The van der Waals surface area contributed by atoms with Gasteiger partial charge >= 0.3 is 0 Å². The summed E-state index contributed by atoms with van der Waals surface area (Å²) in [5.74, 6) is -0.727. The number of carbonyl (C=O) groups excluding carboxylic acids is 1. The van der Waals surface area contributed by atoms with Crippen LogP contribution in [0.15, 0.2) is 40.6 Å². The van der Waals surface area contributed by atoms with Crippen molar-refractivity contribution in [1.29, 1.82) is 5.26 Å². The van der Waals surface area contributed by atoms with E-state index >= 15 is 0 Å². The molecule has 1 aromatic heterocycles. The molecule has 29 heavy (non-hydrogen) atoms. The highest BCUT2D eigenvalue weighted by molar-refractivity contribution is 7.89. The normalized spacial score (nSPS) is 17.3. The standard InChI is InChI=1S/C19H21FN4O3S2/c1-14(18(25)22-19-15(13-21)7-12-28-19)23-8-2-9-24(11-10-23)29(26,27)17-5-3-16(20)4-6-17/h3-7,12,14H,2,8-11H2,1H3,(H,22,25)/t14-/m1/s1. The molecule has 1 atom stereocenters. The van der Waals surface area contributed by atoms with Crippen LogP contribution in [0.2, 0.25) is 0 Å². The van der Waals surface area contributed by atoms with Crippen LogP contribution in [0, 0.1) is 17.1 Å². The van der Waals surface area contributed by atoms with Gasteiger partial charge in [-0.25, -0.2) is 12.8 Å². The Kier molecular flexibility index (Phi) is 6.64. The summed E-state index contributed by atoms with van der Waals surface area (Å²) >= 11 is 1.29. The van der Waals surface area contributed by atoms with Crippen LogP contribution in [0.25, 0.3) is 0 Å². The van der Waals surface area contributed by atoms with Crippen molar-refractivity contribution in [2.24, 2.45) is 0 Å². The number of nitrogens with one attached hydrogen (secondary N) is 1. The second kappa shape index (κ2) is 9.00. The summed E-state index contributed by atoms with van der Waals surface area (Å²) in [5.41, 5.74) is 0.419. The fraction of sp³-hybridized carbons (Fsp3) is 0.368. The van der Waals surface area contributed by atoms with Gasteiger partial charge in [-0.3, -0.25) is 9.69 Å². The molecule has 1 aliphatic rings. The number of carbonyl (C=O) groups is 1. The molecule has 1 aromatic carbocycles. The van der Waals surface area contributed by atoms with Gasteiger partial charge in [0.05, 0.1) is 16.5 Å². The maximum atomic E-state index is 13.1. The molecule has 1 aliphatic heterocycles. The van der Waals surface area contributed by atoms with Crippen molar-refractivity contribution < 1.29 is 17.6 Å².